The van der Waals surface area contributed by atoms with Crippen LogP contribution in [0.15, 0.2) is 188 Å². The second-order valence-corrected chi connectivity index (χ2v) is 24.0. The van der Waals surface area contributed by atoms with Crippen molar-refractivity contribution in [3.05, 3.63) is 210 Å². The molecule has 0 N–H and O–H groups in total. The van der Waals surface area contributed by atoms with Crippen LogP contribution in [-0.4, -0.2) is 6.71 Å². The SMILES string of the molecule is CC(C)c1ccccc1-c1ccc(N2c3ccc(-c4ccccc4C(C)C)cc3B3c4ccc(C(C)(C)C)cc4N(c4ccc(-c5cccc6c5sc5ccccc56)cc4)c4cc(C(C)(C)C)cc2c43)cc1. The molecule has 4 heteroatoms. The molecule has 0 unspecified atom stereocenters. The van der Waals surface area contributed by atoms with Crippen molar-refractivity contribution in [3.63, 3.8) is 0 Å². The molecule has 0 saturated heterocycles. The van der Waals surface area contributed by atoms with E-state index in [0.717, 1.165) is 11.4 Å². The first-order valence-corrected chi connectivity index (χ1v) is 26.8. The van der Waals surface area contributed by atoms with Gasteiger partial charge in [0.05, 0.1) is 0 Å². The van der Waals surface area contributed by atoms with E-state index in [-0.39, 0.29) is 17.5 Å². The molecular formula is C68H63BN2S. The second kappa shape index (κ2) is 17.3. The van der Waals surface area contributed by atoms with Crippen molar-refractivity contribution >= 4 is 88.7 Å². The lowest BCUT2D eigenvalue weighted by Crippen LogP contribution is -2.61. The van der Waals surface area contributed by atoms with Crippen LogP contribution in [0.4, 0.5) is 34.1 Å². The average Bonchev–Trinajstić information content (AvgIpc) is 3.77. The van der Waals surface area contributed by atoms with Gasteiger partial charge in [0, 0.05) is 54.3 Å². The monoisotopic (exact) mass is 950 g/mol. The fourth-order valence-corrected chi connectivity index (χ4v) is 12.9. The quantitative estimate of drug-likeness (QED) is 0.147. The van der Waals surface area contributed by atoms with E-state index in [1.54, 1.807) is 0 Å². The molecule has 2 nitrogen and oxygen atoms in total. The number of benzene rings is 9. The predicted molar refractivity (Wildman–Crippen MR) is 315 cm³/mol. The maximum absolute atomic E-state index is 2.60. The third kappa shape index (κ3) is 7.61. The Bertz CT molecular complexity index is 3730. The van der Waals surface area contributed by atoms with Gasteiger partial charge in [0.2, 0.25) is 0 Å². The van der Waals surface area contributed by atoms with Gasteiger partial charge in [-0.2, -0.15) is 0 Å². The fraction of sp³-hybridized carbons (Fsp3) is 0.206. The zero-order valence-corrected chi connectivity index (χ0v) is 44.2. The van der Waals surface area contributed by atoms with E-state index in [4.69, 9.17) is 0 Å². The van der Waals surface area contributed by atoms with E-state index in [9.17, 15) is 0 Å². The van der Waals surface area contributed by atoms with Gasteiger partial charge >= 0.3 is 0 Å². The third-order valence-electron chi connectivity index (χ3n) is 15.6. The Balaban J connectivity index is 1.11. The fourth-order valence-electron chi connectivity index (χ4n) is 11.7. The summed E-state index contributed by atoms with van der Waals surface area (Å²) in [5.41, 5.74) is 24.1. The number of thiophene rings is 1. The van der Waals surface area contributed by atoms with Crippen LogP contribution in [0.5, 0.6) is 0 Å². The van der Waals surface area contributed by atoms with Gasteiger partial charge < -0.3 is 9.80 Å². The number of hydrogen-bond acceptors (Lipinski definition) is 3. The molecule has 0 amide bonds. The Morgan fingerprint density at radius 2 is 0.903 bits per heavy atom. The second-order valence-electron chi connectivity index (χ2n) is 22.9. The highest BCUT2D eigenvalue weighted by molar-refractivity contribution is 7.26. The highest BCUT2D eigenvalue weighted by atomic mass is 32.1. The van der Waals surface area contributed by atoms with E-state index in [0.29, 0.717) is 11.8 Å². The molecule has 1 aromatic heterocycles. The minimum Gasteiger partial charge on any atom is -0.311 e. The minimum atomic E-state index is -0.131. The van der Waals surface area contributed by atoms with Gasteiger partial charge in [0.1, 0.15) is 0 Å². The zero-order valence-electron chi connectivity index (χ0n) is 43.4. The molecule has 12 rings (SSSR count). The molecule has 0 aliphatic carbocycles. The van der Waals surface area contributed by atoms with Crippen molar-refractivity contribution in [1.29, 1.82) is 0 Å². The molecular weight excluding hydrogens is 888 g/mol. The molecule has 0 spiro atoms. The van der Waals surface area contributed by atoms with Crippen LogP contribution in [-0.2, 0) is 10.8 Å². The standard InChI is InChI=1S/C68H63BN2S/c1-42(2)51-18-11-13-20-53(51)44-26-32-49(33-27-44)70-60-37-30-46(54-21-14-12-19-52(54)43(3)4)38-59(60)69-58-36-31-47(67(5,6)7)39-61(58)71(63-41-48(68(8,9)10)40-62(70)65(63)69)50-34-28-45(29-35-50)55-23-17-24-57-56-22-15-16-25-64(56)72-66(55)57/h11-43H,1-10H3. The molecule has 0 radical (unpaired) electrons. The highest BCUT2D eigenvalue weighted by Gasteiger charge is 2.44. The van der Waals surface area contributed by atoms with Gasteiger partial charge in [-0.25, -0.2) is 0 Å². The Labute approximate surface area is 431 Å². The van der Waals surface area contributed by atoms with Crippen LogP contribution in [0.2, 0.25) is 0 Å². The van der Waals surface area contributed by atoms with Gasteiger partial charge in [-0.3, -0.25) is 0 Å². The average molecular weight is 951 g/mol. The third-order valence-corrected chi connectivity index (χ3v) is 16.8. The van der Waals surface area contributed by atoms with Crippen LogP contribution in [0.3, 0.4) is 0 Å². The van der Waals surface area contributed by atoms with Crippen LogP contribution >= 0.6 is 11.3 Å². The van der Waals surface area contributed by atoms with E-state index >= 15 is 0 Å². The summed E-state index contributed by atoms with van der Waals surface area (Å²) < 4.78 is 2.67. The lowest BCUT2D eigenvalue weighted by atomic mass is 9.33. The Hall–Kier alpha value is -7.14. The summed E-state index contributed by atoms with van der Waals surface area (Å²) in [7, 11) is 0. The first-order valence-electron chi connectivity index (χ1n) is 26.0. The van der Waals surface area contributed by atoms with Crippen LogP contribution < -0.4 is 26.2 Å². The molecule has 3 heterocycles. The molecule has 0 atom stereocenters. The van der Waals surface area contributed by atoms with E-state index in [1.807, 2.05) is 11.3 Å². The molecule has 9 aromatic carbocycles. The first-order chi connectivity index (χ1) is 34.6. The molecule has 0 fully saturated rings. The lowest BCUT2D eigenvalue weighted by molar-refractivity contribution is 0.590. The maximum atomic E-state index is 2.60. The van der Waals surface area contributed by atoms with Crippen LogP contribution in [0.25, 0.3) is 53.6 Å². The van der Waals surface area contributed by atoms with Crippen LogP contribution in [0.1, 0.15) is 103 Å². The van der Waals surface area contributed by atoms with Crippen molar-refractivity contribution in [2.45, 2.75) is 91.9 Å². The van der Waals surface area contributed by atoms with Gasteiger partial charge in [0.25, 0.3) is 6.71 Å². The first kappa shape index (κ1) is 46.0. The van der Waals surface area contributed by atoms with Crippen molar-refractivity contribution in [1.82, 2.24) is 0 Å². The largest absolute Gasteiger partial charge is 0.311 e. The van der Waals surface area contributed by atoms with E-state index < -0.39 is 0 Å². The smallest absolute Gasteiger partial charge is 0.252 e. The Morgan fingerprint density at radius 3 is 1.51 bits per heavy atom. The minimum absolute atomic E-state index is 0.0104. The number of nitrogens with zero attached hydrogens (tertiary/aromatic N) is 2. The van der Waals surface area contributed by atoms with Crippen molar-refractivity contribution in [3.8, 4) is 33.4 Å². The summed E-state index contributed by atoms with van der Waals surface area (Å²) in [6.07, 6.45) is 0. The van der Waals surface area contributed by atoms with Crippen LogP contribution in [0, 0.1) is 0 Å². The molecule has 10 aromatic rings. The zero-order chi connectivity index (χ0) is 49.8. The molecule has 0 bridgehead atoms. The predicted octanol–water partition coefficient (Wildman–Crippen LogP) is 18.0. The van der Waals surface area contributed by atoms with Gasteiger partial charge in [-0.15, -0.1) is 11.3 Å². The van der Waals surface area contributed by atoms with Gasteiger partial charge in [-0.1, -0.05) is 203 Å². The number of fused-ring (bicyclic) bond motifs is 7. The topological polar surface area (TPSA) is 6.48 Å². The van der Waals surface area contributed by atoms with Gasteiger partial charge in [-0.05, 0) is 149 Å². The van der Waals surface area contributed by atoms with Crippen molar-refractivity contribution in [2.24, 2.45) is 0 Å². The highest BCUT2D eigenvalue weighted by Crippen LogP contribution is 2.49. The Morgan fingerprint density at radius 1 is 0.403 bits per heavy atom. The van der Waals surface area contributed by atoms with Crippen molar-refractivity contribution in [2.75, 3.05) is 9.80 Å². The van der Waals surface area contributed by atoms with Crippen molar-refractivity contribution < 1.29 is 0 Å². The molecule has 2 aliphatic heterocycles. The van der Waals surface area contributed by atoms with E-state index in [1.165, 1.54) is 115 Å². The van der Waals surface area contributed by atoms with E-state index in [2.05, 4.69) is 267 Å². The van der Waals surface area contributed by atoms with Gasteiger partial charge in [0.15, 0.2) is 0 Å². The Kier molecular flexibility index (Phi) is 11.0. The summed E-state index contributed by atoms with van der Waals surface area (Å²) in [6.45, 7) is 23.3. The number of rotatable bonds is 7. The normalized spacial score (nSPS) is 13.3. The summed E-state index contributed by atoms with van der Waals surface area (Å²) >= 11 is 1.90. The summed E-state index contributed by atoms with van der Waals surface area (Å²) in [4.78, 5) is 5.18. The molecule has 354 valence electrons. The molecule has 72 heavy (non-hydrogen) atoms. The summed E-state index contributed by atoms with van der Waals surface area (Å²) in [6, 6.07) is 72.1. The maximum Gasteiger partial charge on any atom is 0.252 e. The molecule has 0 saturated carbocycles. The number of anilines is 6. The summed E-state index contributed by atoms with van der Waals surface area (Å²) in [5.74, 6) is 0.811. The lowest BCUT2D eigenvalue weighted by Gasteiger charge is -2.45. The summed E-state index contributed by atoms with van der Waals surface area (Å²) in [5, 5.41) is 2.65. The molecule has 2 aliphatic rings. The number of hydrogen-bond donors (Lipinski definition) is 0.